The number of nitrogens with one attached hydrogen (secondary N) is 1. The van der Waals surface area contributed by atoms with Gasteiger partial charge in [-0.3, -0.25) is 4.79 Å². The summed E-state index contributed by atoms with van der Waals surface area (Å²) in [4.78, 5) is 10.9. The van der Waals surface area contributed by atoms with Gasteiger partial charge in [0.15, 0.2) is 0 Å². The standard InChI is InChI=1S/C13H18FN3O3S/c1-9(18)16-11-4-6-17(7-5-11)21(19,20)13-3-2-10(14)8-12(13)15/h2-3,8,11H,4-7,15H2,1H3,(H,16,18). The van der Waals surface area contributed by atoms with E-state index in [1.165, 1.54) is 17.3 Å². The maximum atomic E-state index is 13.0. The molecule has 1 amide bonds. The molecule has 1 aliphatic rings. The Kier molecular flexibility index (Phi) is 4.48. The highest BCUT2D eigenvalue weighted by Gasteiger charge is 2.30. The van der Waals surface area contributed by atoms with Crippen molar-refractivity contribution in [2.45, 2.75) is 30.7 Å². The third-order valence-corrected chi connectivity index (χ3v) is 5.42. The van der Waals surface area contributed by atoms with Gasteiger partial charge in [-0.15, -0.1) is 0 Å². The molecule has 1 aliphatic heterocycles. The van der Waals surface area contributed by atoms with Gasteiger partial charge >= 0.3 is 0 Å². The molecular formula is C13H18FN3O3S. The van der Waals surface area contributed by atoms with Crippen molar-refractivity contribution in [3.63, 3.8) is 0 Å². The molecule has 1 saturated heterocycles. The van der Waals surface area contributed by atoms with E-state index in [0.29, 0.717) is 25.9 Å². The molecule has 0 saturated carbocycles. The summed E-state index contributed by atoms with van der Waals surface area (Å²) in [7, 11) is -3.73. The van der Waals surface area contributed by atoms with Crippen LogP contribution >= 0.6 is 0 Å². The lowest BCUT2D eigenvalue weighted by Crippen LogP contribution is -2.46. The second kappa shape index (κ2) is 5.98. The van der Waals surface area contributed by atoms with E-state index < -0.39 is 15.8 Å². The maximum Gasteiger partial charge on any atom is 0.245 e. The second-order valence-corrected chi connectivity index (χ2v) is 6.97. The Morgan fingerprint density at radius 1 is 1.38 bits per heavy atom. The Morgan fingerprint density at radius 3 is 2.52 bits per heavy atom. The number of nitrogen functional groups attached to an aromatic ring is 1. The van der Waals surface area contributed by atoms with Gasteiger partial charge < -0.3 is 11.1 Å². The lowest BCUT2D eigenvalue weighted by atomic mass is 10.1. The molecular weight excluding hydrogens is 297 g/mol. The number of anilines is 1. The number of amides is 1. The molecule has 0 aliphatic carbocycles. The number of carbonyl (C=O) groups excluding carboxylic acids is 1. The molecule has 0 radical (unpaired) electrons. The summed E-state index contributed by atoms with van der Waals surface area (Å²) >= 11 is 0. The van der Waals surface area contributed by atoms with Crippen molar-refractivity contribution in [2.75, 3.05) is 18.8 Å². The molecule has 0 atom stereocenters. The van der Waals surface area contributed by atoms with Crippen LogP contribution in [0.2, 0.25) is 0 Å². The summed E-state index contributed by atoms with van der Waals surface area (Å²) in [5, 5.41) is 2.78. The Bertz CT molecular complexity index is 640. The van der Waals surface area contributed by atoms with E-state index >= 15 is 0 Å². The van der Waals surface area contributed by atoms with Gasteiger partial charge in [0.2, 0.25) is 15.9 Å². The average molecular weight is 315 g/mol. The summed E-state index contributed by atoms with van der Waals surface area (Å²) in [5.74, 6) is -0.699. The molecule has 1 aromatic rings. The highest BCUT2D eigenvalue weighted by molar-refractivity contribution is 7.89. The smallest absolute Gasteiger partial charge is 0.245 e. The number of hydrogen-bond donors (Lipinski definition) is 2. The zero-order chi connectivity index (χ0) is 15.6. The van der Waals surface area contributed by atoms with Gasteiger partial charge in [-0.25, -0.2) is 12.8 Å². The fourth-order valence-electron chi connectivity index (χ4n) is 2.42. The Morgan fingerprint density at radius 2 is 2.00 bits per heavy atom. The van der Waals surface area contributed by atoms with E-state index in [9.17, 15) is 17.6 Å². The van der Waals surface area contributed by atoms with Crippen molar-refractivity contribution < 1.29 is 17.6 Å². The molecule has 116 valence electrons. The number of sulfonamides is 1. The van der Waals surface area contributed by atoms with E-state index in [2.05, 4.69) is 5.32 Å². The first kappa shape index (κ1) is 15.7. The number of halogens is 1. The fraction of sp³-hybridized carbons (Fsp3) is 0.462. The number of carbonyl (C=O) groups is 1. The predicted octanol–water partition coefficient (Wildman–Crippen LogP) is 0.697. The van der Waals surface area contributed by atoms with Crippen LogP contribution in [0.4, 0.5) is 10.1 Å². The lowest BCUT2D eigenvalue weighted by Gasteiger charge is -2.31. The topological polar surface area (TPSA) is 92.5 Å². The Balaban J connectivity index is 2.13. The van der Waals surface area contributed by atoms with Crippen LogP contribution in [0.3, 0.4) is 0 Å². The summed E-state index contributed by atoms with van der Waals surface area (Å²) < 4.78 is 39.3. The minimum absolute atomic E-state index is 0.0143. The quantitative estimate of drug-likeness (QED) is 0.803. The van der Waals surface area contributed by atoms with Crippen molar-refractivity contribution >= 4 is 21.6 Å². The summed E-state index contributed by atoms with van der Waals surface area (Å²) in [6.45, 7) is 2.02. The van der Waals surface area contributed by atoms with Crippen LogP contribution in [-0.2, 0) is 14.8 Å². The van der Waals surface area contributed by atoms with Gasteiger partial charge in [-0.2, -0.15) is 4.31 Å². The van der Waals surface area contributed by atoms with E-state index in [4.69, 9.17) is 5.73 Å². The van der Waals surface area contributed by atoms with E-state index in [1.54, 1.807) is 0 Å². The van der Waals surface area contributed by atoms with Gasteiger partial charge in [0.25, 0.3) is 0 Å². The van der Waals surface area contributed by atoms with Crippen molar-refractivity contribution in [1.29, 1.82) is 0 Å². The number of nitrogens with two attached hydrogens (primary N) is 1. The van der Waals surface area contributed by atoms with Crippen LogP contribution in [-0.4, -0.2) is 37.8 Å². The number of piperidine rings is 1. The molecule has 2 rings (SSSR count). The van der Waals surface area contributed by atoms with Gasteiger partial charge in [0, 0.05) is 26.1 Å². The third kappa shape index (κ3) is 3.51. The van der Waals surface area contributed by atoms with E-state index in [-0.39, 0.29) is 22.5 Å². The first-order valence-electron chi connectivity index (χ1n) is 6.63. The first-order chi connectivity index (χ1) is 9.80. The summed E-state index contributed by atoms with van der Waals surface area (Å²) in [6.07, 6.45) is 1.08. The number of hydrogen-bond acceptors (Lipinski definition) is 4. The minimum atomic E-state index is -3.73. The number of benzene rings is 1. The molecule has 8 heteroatoms. The normalized spacial score (nSPS) is 17.6. The minimum Gasteiger partial charge on any atom is -0.398 e. The maximum absolute atomic E-state index is 13.0. The summed E-state index contributed by atoms with van der Waals surface area (Å²) in [5.41, 5.74) is 5.51. The van der Waals surface area contributed by atoms with Crippen molar-refractivity contribution in [3.05, 3.63) is 24.0 Å². The Labute approximate surface area is 123 Å². The zero-order valence-electron chi connectivity index (χ0n) is 11.7. The van der Waals surface area contributed by atoms with Crippen molar-refractivity contribution in [2.24, 2.45) is 0 Å². The van der Waals surface area contributed by atoms with Crippen LogP contribution in [0.1, 0.15) is 19.8 Å². The van der Waals surface area contributed by atoms with Crippen molar-refractivity contribution in [3.8, 4) is 0 Å². The summed E-state index contributed by atoms with van der Waals surface area (Å²) in [6, 6.07) is 3.24. The molecule has 0 spiro atoms. The fourth-order valence-corrected chi connectivity index (χ4v) is 3.99. The highest BCUT2D eigenvalue weighted by Crippen LogP contribution is 2.25. The monoisotopic (exact) mass is 315 g/mol. The van der Waals surface area contributed by atoms with Crippen LogP contribution in [0.15, 0.2) is 23.1 Å². The highest BCUT2D eigenvalue weighted by atomic mass is 32.2. The van der Waals surface area contributed by atoms with Crippen LogP contribution in [0, 0.1) is 5.82 Å². The second-order valence-electron chi connectivity index (χ2n) is 5.06. The third-order valence-electron chi connectivity index (χ3n) is 3.45. The molecule has 0 bridgehead atoms. The molecule has 1 fully saturated rings. The van der Waals surface area contributed by atoms with Gasteiger partial charge in [0.1, 0.15) is 10.7 Å². The van der Waals surface area contributed by atoms with Gasteiger partial charge in [0.05, 0.1) is 5.69 Å². The first-order valence-corrected chi connectivity index (χ1v) is 8.07. The lowest BCUT2D eigenvalue weighted by molar-refractivity contribution is -0.119. The average Bonchev–Trinajstić information content (AvgIpc) is 2.38. The largest absolute Gasteiger partial charge is 0.398 e. The SMILES string of the molecule is CC(=O)NC1CCN(S(=O)(=O)c2ccc(F)cc2N)CC1. The molecule has 1 aromatic carbocycles. The predicted molar refractivity (Wildman–Crippen MR) is 76.4 cm³/mol. The molecule has 0 unspecified atom stereocenters. The molecule has 6 nitrogen and oxygen atoms in total. The molecule has 1 heterocycles. The van der Waals surface area contributed by atoms with E-state index in [0.717, 1.165) is 12.1 Å². The van der Waals surface area contributed by atoms with Crippen LogP contribution < -0.4 is 11.1 Å². The van der Waals surface area contributed by atoms with Crippen LogP contribution in [0.25, 0.3) is 0 Å². The number of nitrogens with zero attached hydrogens (tertiary/aromatic N) is 1. The van der Waals surface area contributed by atoms with Gasteiger partial charge in [-0.05, 0) is 31.0 Å². The van der Waals surface area contributed by atoms with Crippen molar-refractivity contribution in [1.82, 2.24) is 9.62 Å². The molecule has 3 N–H and O–H groups in total. The molecule has 21 heavy (non-hydrogen) atoms. The molecule has 0 aromatic heterocycles. The van der Waals surface area contributed by atoms with Gasteiger partial charge in [-0.1, -0.05) is 0 Å². The van der Waals surface area contributed by atoms with Crippen LogP contribution in [0.5, 0.6) is 0 Å². The van der Waals surface area contributed by atoms with E-state index in [1.807, 2.05) is 0 Å². The Hall–Kier alpha value is -1.67. The number of rotatable bonds is 3. The zero-order valence-corrected chi connectivity index (χ0v) is 12.5.